The molecule has 0 atom stereocenters. The maximum absolute atomic E-state index is 4.76. The minimum Gasteiger partial charge on any atom is -0.412 e. The fourth-order valence-corrected chi connectivity index (χ4v) is 0. The molecule has 0 rings (SSSR count). The minimum atomic E-state index is 0. The van der Waals surface area contributed by atoms with Crippen molar-refractivity contribution >= 4 is 23.2 Å². The summed E-state index contributed by atoms with van der Waals surface area (Å²) < 4.78 is 0. The van der Waals surface area contributed by atoms with Crippen molar-refractivity contribution in [1.29, 1.82) is 0 Å². The van der Waals surface area contributed by atoms with Crippen LogP contribution in [0.3, 0.4) is 0 Å². The number of hydrogen-bond acceptors (Lipinski definition) is 2. The van der Waals surface area contributed by atoms with Gasteiger partial charge in [0.05, 0.1) is 5.34 Å². The number of hydrazine groups is 1. The minimum absolute atomic E-state index is 0. The van der Waals surface area contributed by atoms with Crippen molar-refractivity contribution in [2.45, 2.75) is 0 Å². The SMILES string of the molecule is ClCCl.NN.O. The van der Waals surface area contributed by atoms with Gasteiger partial charge in [0.25, 0.3) is 0 Å². The molecule has 5 heteroatoms. The summed E-state index contributed by atoms with van der Waals surface area (Å²) in [7, 11) is 0. The zero-order chi connectivity index (χ0) is 4.71. The summed E-state index contributed by atoms with van der Waals surface area (Å²) in [6, 6.07) is 0. The van der Waals surface area contributed by atoms with Crippen molar-refractivity contribution in [3.8, 4) is 0 Å². The average molecular weight is 135 g/mol. The van der Waals surface area contributed by atoms with E-state index in [1.807, 2.05) is 0 Å². The lowest BCUT2D eigenvalue weighted by molar-refractivity contribution is 0.824. The standard InChI is InChI=1S/CH2Cl2.H4N2.H2O/c2-1-3;1-2;/h1H2;1-2H2;1H2. The van der Waals surface area contributed by atoms with E-state index in [0.717, 1.165) is 0 Å². The quantitative estimate of drug-likeness (QED) is 0.264. The molecule has 6 N–H and O–H groups in total. The van der Waals surface area contributed by atoms with E-state index >= 15 is 0 Å². The predicted molar refractivity (Wildman–Crippen MR) is 28.6 cm³/mol. The van der Waals surface area contributed by atoms with Gasteiger partial charge in [-0.05, 0) is 0 Å². The molecule has 0 spiro atoms. The first-order valence-electron chi connectivity index (χ1n) is 0.868. The molecule has 0 unspecified atom stereocenters. The number of rotatable bonds is 0. The molecule has 3 nitrogen and oxygen atoms in total. The second kappa shape index (κ2) is 51.0. The Morgan fingerprint density at radius 3 is 1.17 bits per heavy atom. The predicted octanol–water partition coefficient (Wildman–Crippen LogP) is -0.584. The van der Waals surface area contributed by atoms with Crippen LogP contribution >= 0.6 is 23.2 Å². The van der Waals surface area contributed by atoms with Crippen LogP contribution in [0.5, 0.6) is 0 Å². The number of hydrogen-bond donors (Lipinski definition) is 2. The fraction of sp³-hybridized carbons (Fsp3) is 1.00. The molecule has 6 heavy (non-hydrogen) atoms. The molecular weight excluding hydrogens is 127 g/mol. The molecule has 0 saturated heterocycles. The van der Waals surface area contributed by atoms with Gasteiger partial charge in [-0.1, -0.05) is 0 Å². The van der Waals surface area contributed by atoms with Crippen LogP contribution in [0.25, 0.3) is 0 Å². The molecule has 0 heterocycles. The summed E-state index contributed by atoms with van der Waals surface area (Å²) in [4.78, 5) is 0. The lowest BCUT2D eigenvalue weighted by Gasteiger charge is -1.42. The smallest absolute Gasteiger partial charge is 0.0967 e. The van der Waals surface area contributed by atoms with Crippen molar-refractivity contribution in [2.24, 2.45) is 11.7 Å². The highest BCUT2D eigenvalue weighted by molar-refractivity contribution is 6.40. The maximum Gasteiger partial charge on any atom is 0.0967 e. The van der Waals surface area contributed by atoms with Crippen LogP contribution in [0, 0.1) is 0 Å². The summed E-state index contributed by atoms with van der Waals surface area (Å²) in [6.07, 6.45) is 0. The van der Waals surface area contributed by atoms with Gasteiger partial charge < -0.3 is 5.48 Å². The Kier molecular flexibility index (Phi) is 137. The third kappa shape index (κ3) is 252. The summed E-state index contributed by atoms with van der Waals surface area (Å²) in [6.45, 7) is 0. The summed E-state index contributed by atoms with van der Waals surface area (Å²) in [5.74, 6) is 8.00. The highest BCUT2D eigenvalue weighted by Gasteiger charge is 1.41. The summed E-state index contributed by atoms with van der Waals surface area (Å²) in [5.41, 5.74) is 0. The zero-order valence-corrected chi connectivity index (χ0v) is 4.63. The van der Waals surface area contributed by atoms with Crippen LogP contribution in [0.4, 0.5) is 0 Å². The van der Waals surface area contributed by atoms with E-state index < -0.39 is 0 Å². The largest absolute Gasteiger partial charge is 0.412 e. The monoisotopic (exact) mass is 134 g/mol. The van der Waals surface area contributed by atoms with E-state index in [0.29, 0.717) is 0 Å². The Labute approximate surface area is 46.5 Å². The Hall–Kier alpha value is 0.460. The Bertz CT molecular complexity index is 11.5. The molecule has 0 bridgehead atoms. The Morgan fingerprint density at radius 2 is 1.17 bits per heavy atom. The normalized spacial score (nSPS) is 4.00. The third-order valence-electron chi connectivity index (χ3n) is 0. The van der Waals surface area contributed by atoms with Crippen molar-refractivity contribution in [3.05, 3.63) is 0 Å². The molecule has 42 valence electrons. The van der Waals surface area contributed by atoms with E-state index in [1.165, 1.54) is 0 Å². The van der Waals surface area contributed by atoms with Gasteiger partial charge >= 0.3 is 0 Å². The Balaban J connectivity index is -0.0000000275. The first-order chi connectivity index (χ1) is 2.41. The zero-order valence-electron chi connectivity index (χ0n) is 3.12. The van der Waals surface area contributed by atoms with Crippen molar-refractivity contribution in [1.82, 2.24) is 0 Å². The molecule has 0 fully saturated rings. The second-order valence-corrected chi connectivity index (χ2v) is 0.909. The molecule has 0 aromatic rings. The first kappa shape index (κ1) is 16.1. The average Bonchev–Trinajstić information content (AvgIpc) is 1.46. The van der Waals surface area contributed by atoms with Gasteiger partial charge in [0, 0.05) is 0 Å². The molecule has 0 amide bonds. The molecule has 0 radical (unpaired) electrons. The number of nitrogens with two attached hydrogens (primary N) is 2. The van der Waals surface area contributed by atoms with Gasteiger partial charge in [-0.15, -0.1) is 23.2 Å². The first-order valence-corrected chi connectivity index (χ1v) is 1.94. The van der Waals surface area contributed by atoms with Crippen molar-refractivity contribution in [2.75, 3.05) is 5.34 Å². The second-order valence-electron chi connectivity index (χ2n) is 0.101. The van der Waals surface area contributed by atoms with Gasteiger partial charge in [0.15, 0.2) is 0 Å². The van der Waals surface area contributed by atoms with Crippen LogP contribution in [0.1, 0.15) is 0 Å². The van der Waals surface area contributed by atoms with Crippen LogP contribution < -0.4 is 11.7 Å². The van der Waals surface area contributed by atoms with E-state index in [1.54, 1.807) is 0 Å². The molecule has 0 aromatic heterocycles. The summed E-state index contributed by atoms with van der Waals surface area (Å²) >= 11 is 9.53. The van der Waals surface area contributed by atoms with Crippen LogP contribution in [0.2, 0.25) is 0 Å². The number of alkyl halides is 2. The van der Waals surface area contributed by atoms with E-state index in [2.05, 4.69) is 11.7 Å². The lowest BCUT2D eigenvalue weighted by Crippen LogP contribution is -2.02. The lowest BCUT2D eigenvalue weighted by atomic mass is 11.9. The van der Waals surface area contributed by atoms with Crippen LogP contribution in [-0.4, -0.2) is 10.8 Å². The van der Waals surface area contributed by atoms with Gasteiger partial charge in [0.1, 0.15) is 0 Å². The van der Waals surface area contributed by atoms with E-state index in [4.69, 9.17) is 23.2 Å². The van der Waals surface area contributed by atoms with Crippen LogP contribution in [0.15, 0.2) is 0 Å². The maximum atomic E-state index is 4.76. The van der Waals surface area contributed by atoms with Gasteiger partial charge in [-0.25, -0.2) is 0 Å². The van der Waals surface area contributed by atoms with E-state index in [9.17, 15) is 0 Å². The molecule has 0 aliphatic carbocycles. The highest BCUT2D eigenvalue weighted by Crippen LogP contribution is 1.73. The molecular formula is CH8Cl2N2O. The highest BCUT2D eigenvalue weighted by atomic mass is 35.5. The van der Waals surface area contributed by atoms with E-state index in [-0.39, 0.29) is 10.8 Å². The third-order valence-corrected chi connectivity index (χ3v) is 0. The molecule has 0 aromatic carbocycles. The number of halogens is 2. The topological polar surface area (TPSA) is 83.5 Å². The van der Waals surface area contributed by atoms with Crippen LogP contribution in [-0.2, 0) is 0 Å². The van der Waals surface area contributed by atoms with Crippen molar-refractivity contribution in [3.63, 3.8) is 0 Å². The molecule has 0 aliphatic rings. The molecule has 0 saturated carbocycles. The van der Waals surface area contributed by atoms with Gasteiger partial charge in [-0.3, -0.25) is 11.7 Å². The fourth-order valence-electron chi connectivity index (χ4n) is 0. The van der Waals surface area contributed by atoms with Crippen molar-refractivity contribution < 1.29 is 5.48 Å². The van der Waals surface area contributed by atoms with Gasteiger partial charge in [-0.2, -0.15) is 0 Å². The van der Waals surface area contributed by atoms with Gasteiger partial charge in [0.2, 0.25) is 0 Å². The Morgan fingerprint density at radius 1 is 1.17 bits per heavy atom. The summed E-state index contributed by atoms with van der Waals surface area (Å²) in [5, 5.41) is 0.194. The molecule has 0 aliphatic heterocycles.